The minimum atomic E-state index is -0.839. The van der Waals surface area contributed by atoms with Crippen LogP contribution in [0.1, 0.15) is 49.3 Å². The van der Waals surface area contributed by atoms with Gasteiger partial charge in [0.05, 0.1) is 6.54 Å². The van der Waals surface area contributed by atoms with Crippen LogP contribution in [0.5, 0.6) is 0 Å². The third kappa shape index (κ3) is 2.64. The van der Waals surface area contributed by atoms with Crippen molar-refractivity contribution < 1.29 is 19.2 Å². The average Bonchev–Trinajstić information content (AvgIpc) is 3.18. The Morgan fingerprint density at radius 1 is 1.00 bits per heavy atom. The van der Waals surface area contributed by atoms with Gasteiger partial charge in [-0.1, -0.05) is 25.1 Å². The lowest BCUT2D eigenvalue weighted by molar-refractivity contribution is -0.160. The Morgan fingerprint density at radius 3 is 2.54 bits per heavy atom. The molecule has 2 saturated heterocycles. The van der Waals surface area contributed by atoms with Crippen LogP contribution in [0, 0.1) is 5.92 Å². The molecule has 2 fully saturated rings. The summed E-state index contributed by atoms with van der Waals surface area (Å²) in [6, 6.07) is 5.18. The number of carbonyl (C=O) groups excluding carboxylic acids is 4. The smallest absolute Gasteiger partial charge is 0.252 e. The summed E-state index contributed by atoms with van der Waals surface area (Å²) in [7, 11) is 0. The fourth-order valence-electron chi connectivity index (χ4n) is 4.38. The molecule has 3 aliphatic rings. The van der Waals surface area contributed by atoms with Crippen LogP contribution in [0.4, 0.5) is 0 Å². The summed E-state index contributed by atoms with van der Waals surface area (Å²) in [6.45, 7) is 1.92. The van der Waals surface area contributed by atoms with Crippen molar-refractivity contribution >= 4 is 23.6 Å². The molecule has 6 heteroatoms. The van der Waals surface area contributed by atoms with E-state index in [9.17, 15) is 19.2 Å². The molecule has 1 aromatic rings. The zero-order chi connectivity index (χ0) is 18.4. The Labute approximate surface area is 152 Å². The van der Waals surface area contributed by atoms with Crippen molar-refractivity contribution in [2.24, 2.45) is 5.92 Å². The summed E-state index contributed by atoms with van der Waals surface area (Å²) in [5.41, 5.74) is 3.52. The van der Waals surface area contributed by atoms with Crippen LogP contribution in [-0.2, 0) is 38.6 Å². The maximum atomic E-state index is 13.0. The highest BCUT2D eigenvalue weighted by molar-refractivity contribution is 6.09. The van der Waals surface area contributed by atoms with Crippen LogP contribution in [0.15, 0.2) is 18.2 Å². The number of aryl methyl sites for hydroxylation is 1. The zero-order valence-corrected chi connectivity index (χ0v) is 14.9. The Hall–Kier alpha value is -2.50. The molecule has 4 rings (SSSR count). The molecular formula is C20H22N2O4. The summed E-state index contributed by atoms with van der Waals surface area (Å²) < 4.78 is 0. The van der Waals surface area contributed by atoms with Crippen molar-refractivity contribution in [2.75, 3.05) is 0 Å². The standard InChI is InChI=1S/C20H22N2O4/c1-12-10-18(24)22(19(12)25)16-8-9-17(23)21(20(16)26)11-14-6-2-4-13-5-3-7-15(13)14/h2,4,6,12,16H,3,5,7-11H2,1H3. The number of rotatable bonds is 3. The van der Waals surface area contributed by atoms with Crippen LogP contribution in [0.2, 0.25) is 0 Å². The molecule has 2 heterocycles. The lowest BCUT2D eigenvalue weighted by atomic mass is 9.99. The highest BCUT2D eigenvalue weighted by Gasteiger charge is 2.46. The topological polar surface area (TPSA) is 74.8 Å². The van der Waals surface area contributed by atoms with Crippen molar-refractivity contribution in [1.29, 1.82) is 0 Å². The number of imide groups is 2. The van der Waals surface area contributed by atoms with Gasteiger partial charge < -0.3 is 0 Å². The van der Waals surface area contributed by atoms with Crippen LogP contribution < -0.4 is 0 Å². The maximum absolute atomic E-state index is 13.0. The summed E-state index contributed by atoms with van der Waals surface area (Å²) >= 11 is 0. The van der Waals surface area contributed by atoms with Gasteiger partial charge in [-0.15, -0.1) is 0 Å². The number of carbonyl (C=O) groups is 4. The van der Waals surface area contributed by atoms with Gasteiger partial charge in [-0.25, -0.2) is 0 Å². The predicted octanol–water partition coefficient (Wildman–Crippen LogP) is 1.59. The first kappa shape index (κ1) is 16.9. The third-order valence-corrected chi connectivity index (χ3v) is 5.78. The molecule has 0 N–H and O–H groups in total. The third-order valence-electron chi connectivity index (χ3n) is 5.78. The maximum Gasteiger partial charge on any atom is 0.252 e. The molecule has 6 nitrogen and oxygen atoms in total. The average molecular weight is 354 g/mol. The van der Waals surface area contributed by atoms with Crippen molar-refractivity contribution in [3.05, 3.63) is 34.9 Å². The number of likely N-dealkylation sites (tertiary alicyclic amines) is 2. The van der Waals surface area contributed by atoms with Crippen LogP contribution in [0.25, 0.3) is 0 Å². The molecule has 0 aromatic heterocycles. The molecule has 2 unspecified atom stereocenters. The van der Waals surface area contributed by atoms with Gasteiger partial charge in [-0.05, 0) is 42.4 Å². The first-order valence-corrected chi connectivity index (χ1v) is 9.27. The summed E-state index contributed by atoms with van der Waals surface area (Å²) in [4.78, 5) is 52.2. The van der Waals surface area contributed by atoms with E-state index in [-0.39, 0.29) is 43.5 Å². The van der Waals surface area contributed by atoms with Gasteiger partial charge in [0, 0.05) is 18.8 Å². The van der Waals surface area contributed by atoms with Crippen LogP contribution in [0.3, 0.4) is 0 Å². The Bertz CT molecular complexity index is 816. The van der Waals surface area contributed by atoms with Crippen LogP contribution >= 0.6 is 0 Å². The molecule has 26 heavy (non-hydrogen) atoms. The van der Waals surface area contributed by atoms with E-state index in [4.69, 9.17) is 0 Å². The zero-order valence-electron chi connectivity index (χ0n) is 14.9. The largest absolute Gasteiger partial charge is 0.276 e. The SMILES string of the molecule is CC1CC(=O)N(C2CCC(=O)N(Cc3cccc4c3CCC4)C2=O)C1=O. The van der Waals surface area contributed by atoms with E-state index in [2.05, 4.69) is 6.07 Å². The molecule has 0 radical (unpaired) electrons. The molecule has 4 amide bonds. The van der Waals surface area contributed by atoms with E-state index in [1.54, 1.807) is 6.92 Å². The number of nitrogens with zero attached hydrogens (tertiary/aromatic N) is 2. The number of hydrogen-bond donors (Lipinski definition) is 0. The highest BCUT2D eigenvalue weighted by atomic mass is 16.2. The van der Waals surface area contributed by atoms with Gasteiger partial charge >= 0.3 is 0 Å². The molecule has 0 saturated carbocycles. The molecule has 2 aliphatic heterocycles. The quantitative estimate of drug-likeness (QED) is 0.773. The second kappa shape index (κ2) is 6.34. The molecule has 0 spiro atoms. The summed E-state index contributed by atoms with van der Waals surface area (Å²) in [5.74, 6) is -1.65. The van der Waals surface area contributed by atoms with Gasteiger partial charge in [-0.2, -0.15) is 0 Å². The van der Waals surface area contributed by atoms with E-state index in [1.165, 1.54) is 16.0 Å². The molecule has 2 atom stereocenters. The van der Waals surface area contributed by atoms with Crippen molar-refractivity contribution in [2.45, 2.75) is 58.0 Å². The lowest BCUT2D eigenvalue weighted by Crippen LogP contribution is -2.55. The number of amides is 4. The van der Waals surface area contributed by atoms with Crippen molar-refractivity contribution in [1.82, 2.24) is 9.80 Å². The fraction of sp³-hybridized carbons (Fsp3) is 0.500. The van der Waals surface area contributed by atoms with Gasteiger partial charge in [0.15, 0.2) is 0 Å². The van der Waals surface area contributed by atoms with Gasteiger partial charge in [0.25, 0.3) is 5.91 Å². The van der Waals surface area contributed by atoms with Gasteiger partial charge in [0.1, 0.15) is 6.04 Å². The number of benzene rings is 1. The monoisotopic (exact) mass is 354 g/mol. The second-order valence-electron chi connectivity index (χ2n) is 7.49. The van der Waals surface area contributed by atoms with Crippen LogP contribution in [-0.4, -0.2) is 39.5 Å². The Morgan fingerprint density at radius 2 is 1.81 bits per heavy atom. The number of hydrogen-bond acceptors (Lipinski definition) is 4. The van der Waals surface area contributed by atoms with E-state index in [0.717, 1.165) is 29.7 Å². The molecule has 136 valence electrons. The normalized spacial score (nSPS) is 26.0. The second-order valence-corrected chi connectivity index (χ2v) is 7.49. The van der Waals surface area contributed by atoms with E-state index in [0.29, 0.717) is 0 Å². The molecular weight excluding hydrogens is 332 g/mol. The van der Waals surface area contributed by atoms with E-state index in [1.807, 2.05) is 12.1 Å². The van der Waals surface area contributed by atoms with Crippen molar-refractivity contribution in [3.63, 3.8) is 0 Å². The predicted molar refractivity (Wildman–Crippen MR) is 92.7 cm³/mol. The first-order chi connectivity index (χ1) is 12.5. The van der Waals surface area contributed by atoms with Crippen molar-refractivity contribution in [3.8, 4) is 0 Å². The summed E-state index contributed by atoms with van der Waals surface area (Å²) in [6.07, 6.45) is 3.63. The minimum absolute atomic E-state index is 0.142. The fourth-order valence-corrected chi connectivity index (χ4v) is 4.38. The first-order valence-electron chi connectivity index (χ1n) is 9.27. The van der Waals surface area contributed by atoms with Gasteiger partial charge in [0.2, 0.25) is 17.7 Å². The van der Waals surface area contributed by atoms with Gasteiger partial charge in [-0.3, -0.25) is 29.0 Å². The lowest BCUT2D eigenvalue weighted by Gasteiger charge is -2.35. The summed E-state index contributed by atoms with van der Waals surface area (Å²) in [5, 5.41) is 0. The Kier molecular flexibility index (Phi) is 4.13. The number of piperidine rings is 1. The molecule has 0 bridgehead atoms. The Balaban J connectivity index is 1.59. The number of fused-ring (bicyclic) bond motifs is 1. The highest BCUT2D eigenvalue weighted by Crippen LogP contribution is 2.30. The molecule has 1 aliphatic carbocycles. The minimum Gasteiger partial charge on any atom is -0.276 e. The van der Waals surface area contributed by atoms with E-state index >= 15 is 0 Å². The molecule has 1 aromatic carbocycles. The van der Waals surface area contributed by atoms with E-state index < -0.39 is 17.9 Å².